The minimum absolute atomic E-state index is 0.0316. The first kappa shape index (κ1) is 33.4. The Hall–Kier alpha value is -6.12. The second-order valence-electron chi connectivity index (χ2n) is 12.7. The van der Waals surface area contributed by atoms with Gasteiger partial charge in [-0.25, -0.2) is 23.9 Å². The zero-order valence-electron chi connectivity index (χ0n) is 27.8. The Bertz CT molecular complexity index is 2380. The molecule has 51 heavy (non-hydrogen) atoms. The molecule has 2 aliphatic rings. The van der Waals surface area contributed by atoms with E-state index in [1.54, 1.807) is 25.5 Å². The van der Waals surface area contributed by atoms with E-state index in [4.69, 9.17) is 15.3 Å². The number of rotatable bonds is 8. The van der Waals surface area contributed by atoms with Crippen LogP contribution in [0, 0.1) is 23.1 Å². The van der Waals surface area contributed by atoms with Crippen molar-refractivity contribution in [3.05, 3.63) is 57.9 Å². The lowest BCUT2D eigenvalue weighted by Crippen LogP contribution is -2.35. The van der Waals surface area contributed by atoms with E-state index >= 15 is 4.39 Å². The van der Waals surface area contributed by atoms with Gasteiger partial charge >= 0.3 is 17.9 Å². The van der Waals surface area contributed by atoms with Crippen molar-refractivity contribution in [1.29, 1.82) is 5.26 Å². The predicted molar refractivity (Wildman–Crippen MR) is 182 cm³/mol. The monoisotopic (exact) mass is 697 g/mol. The molecule has 2 atom stereocenters. The van der Waals surface area contributed by atoms with Gasteiger partial charge in [0.1, 0.15) is 34.4 Å². The number of hydroxylamine groups is 1. The summed E-state index contributed by atoms with van der Waals surface area (Å²) in [6, 6.07) is 4.54. The Kier molecular flexibility index (Phi) is 8.28. The van der Waals surface area contributed by atoms with Gasteiger partial charge in [0.2, 0.25) is 5.43 Å². The molecule has 1 aromatic carbocycles. The Balaban J connectivity index is 1.56. The lowest BCUT2D eigenvalue weighted by atomic mass is 9.98. The minimum atomic E-state index is -1.38. The second-order valence-corrected chi connectivity index (χ2v) is 12.7. The number of aromatic nitrogens is 4. The number of aromatic carboxylic acids is 1. The lowest BCUT2D eigenvalue weighted by molar-refractivity contribution is -0.147. The van der Waals surface area contributed by atoms with Crippen LogP contribution in [0.2, 0.25) is 0 Å². The summed E-state index contributed by atoms with van der Waals surface area (Å²) in [5.74, 6) is -3.73. The zero-order chi connectivity index (χ0) is 36.3. The lowest BCUT2D eigenvalue weighted by Gasteiger charge is -2.29. The predicted octanol–water partition coefficient (Wildman–Crippen LogP) is 1.88. The number of hydrogen-bond acceptors (Lipinski definition) is 13. The van der Waals surface area contributed by atoms with Gasteiger partial charge in [-0.1, -0.05) is 0 Å². The highest BCUT2D eigenvalue weighted by atomic mass is 19.1. The van der Waals surface area contributed by atoms with Crippen LogP contribution in [0.25, 0.3) is 44.1 Å². The first-order valence-corrected chi connectivity index (χ1v) is 16.0. The maximum atomic E-state index is 16.1. The van der Waals surface area contributed by atoms with Gasteiger partial charge in [-0.2, -0.15) is 10.3 Å². The third-order valence-corrected chi connectivity index (χ3v) is 9.63. The molecule has 7 rings (SSSR count). The molecule has 17 heteroatoms. The highest BCUT2D eigenvalue weighted by Gasteiger charge is 2.42. The number of carbonyl (C=O) groups excluding carboxylic acids is 2. The Morgan fingerprint density at radius 3 is 2.67 bits per heavy atom. The summed E-state index contributed by atoms with van der Waals surface area (Å²) < 4.78 is 22.3. The molecular weight excluding hydrogens is 665 g/mol. The largest absolute Gasteiger partial charge is 0.477 e. The third-order valence-electron chi connectivity index (χ3n) is 9.63. The van der Waals surface area contributed by atoms with Gasteiger partial charge in [0.05, 0.1) is 41.2 Å². The standard InChI is InChI=1S/C34H32FN9O7/c1-41-12-16-4-5-43(24(16)14-41)30-20(17-6-18-31(47)21(34(48)49)13-42(2)33(18)39-10-17)11-38-32-28(30)27-19(8-36)22(35)7-23(29(27)40-32)44(15-26(46)50-3)51-25(45)9-37/h6-7,10-11,13,16,24H,4-5,9,12,14-15,37H2,1-3H3,(H,38,40)(H,48,49)/t16-,24+/m0/s1. The number of carboxylic acid groups (broad SMARTS) is 1. The minimum Gasteiger partial charge on any atom is -0.477 e. The molecule has 0 amide bonds. The number of carbonyl (C=O) groups is 3. The highest BCUT2D eigenvalue weighted by molar-refractivity contribution is 6.20. The number of nitrogens with two attached hydrogens (primary N) is 1. The summed E-state index contributed by atoms with van der Waals surface area (Å²) in [6.07, 6.45) is 5.21. The van der Waals surface area contributed by atoms with E-state index in [1.807, 2.05) is 13.1 Å². The number of pyridine rings is 3. The van der Waals surface area contributed by atoms with E-state index in [2.05, 4.69) is 24.8 Å². The smallest absolute Gasteiger partial charge is 0.345 e. The van der Waals surface area contributed by atoms with Crippen LogP contribution in [0.15, 0.2) is 35.5 Å². The molecule has 6 heterocycles. The van der Waals surface area contributed by atoms with Crippen molar-refractivity contribution in [2.45, 2.75) is 12.5 Å². The molecule has 16 nitrogen and oxygen atoms in total. The van der Waals surface area contributed by atoms with Gasteiger partial charge in [0, 0.05) is 73.9 Å². The van der Waals surface area contributed by atoms with Crippen LogP contribution < -0.4 is 21.1 Å². The summed E-state index contributed by atoms with van der Waals surface area (Å²) >= 11 is 0. The summed E-state index contributed by atoms with van der Waals surface area (Å²) in [4.78, 5) is 72.2. The van der Waals surface area contributed by atoms with Crippen molar-refractivity contribution in [3.8, 4) is 17.2 Å². The van der Waals surface area contributed by atoms with E-state index < -0.39 is 47.8 Å². The van der Waals surface area contributed by atoms with Gasteiger partial charge in [-0.05, 0) is 25.5 Å². The number of aromatic amines is 1. The second kappa shape index (κ2) is 12.6. The molecule has 0 saturated carbocycles. The Morgan fingerprint density at radius 1 is 1.18 bits per heavy atom. The number of nitriles is 1. The molecule has 4 aromatic heterocycles. The van der Waals surface area contributed by atoms with Gasteiger partial charge in [0.25, 0.3) is 0 Å². The quantitative estimate of drug-likeness (QED) is 0.156. The molecule has 0 spiro atoms. The van der Waals surface area contributed by atoms with Crippen LogP contribution in [0.5, 0.6) is 0 Å². The topological polar surface area (TPSA) is 213 Å². The maximum absolute atomic E-state index is 16.1. The van der Waals surface area contributed by atoms with Crippen molar-refractivity contribution in [2.24, 2.45) is 18.7 Å². The molecule has 2 fully saturated rings. The molecule has 0 unspecified atom stereocenters. The van der Waals surface area contributed by atoms with E-state index in [9.17, 15) is 29.5 Å². The van der Waals surface area contributed by atoms with Gasteiger partial charge < -0.3 is 39.8 Å². The van der Waals surface area contributed by atoms with Crippen molar-refractivity contribution < 1.29 is 33.5 Å². The van der Waals surface area contributed by atoms with E-state index in [0.29, 0.717) is 34.7 Å². The molecule has 262 valence electrons. The van der Waals surface area contributed by atoms with Crippen molar-refractivity contribution >= 4 is 62.3 Å². The van der Waals surface area contributed by atoms with Crippen molar-refractivity contribution in [1.82, 2.24) is 24.4 Å². The summed E-state index contributed by atoms with van der Waals surface area (Å²) in [5, 5.41) is 21.5. The fraction of sp³-hybridized carbons (Fsp3) is 0.324. The molecule has 0 bridgehead atoms. The number of carboxylic acids is 1. The van der Waals surface area contributed by atoms with Crippen LogP contribution in [-0.4, -0.2) is 100 Å². The number of fused-ring (bicyclic) bond motifs is 5. The Labute approximate surface area is 288 Å². The molecule has 2 saturated heterocycles. The number of likely N-dealkylation sites (N-methyl/N-ethyl adjacent to an activating group) is 1. The number of nitrogens with one attached hydrogen (secondary N) is 1. The van der Waals surface area contributed by atoms with Crippen LogP contribution in [0.1, 0.15) is 22.3 Å². The number of halogens is 1. The number of nitrogens with zero attached hydrogens (tertiary/aromatic N) is 7. The van der Waals surface area contributed by atoms with E-state index in [0.717, 1.165) is 37.7 Å². The molecule has 4 N–H and O–H groups in total. The molecule has 2 aliphatic heterocycles. The normalized spacial score (nSPS) is 17.2. The van der Waals surface area contributed by atoms with Crippen LogP contribution >= 0.6 is 0 Å². The number of aryl methyl sites for hydroxylation is 1. The SMILES string of the molecule is COC(=O)CN(OC(=O)CN)c1cc(F)c(C#N)c2c1[nH]c1ncc(-c3cnc4c(c3)c(=O)c(C(=O)O)cn4C)c(N3CC[C@H]4CN(C)C[C@H]43)c12. The summed E-state index contributed by atoms with van der Waals surface area (Å²) in [6.45, 7) is 1.04. The summed E-state index contributed by atoms with van der Waals surface area (Å²) in [7, 11) is 4.77. The first-order valence-electron chi connectivity index (χ1n) is 16.0. The number of benzene rings is 1. The Morgan fingerprint density at radius 2 is 1.96 bits per heavy atom. The third kappa shape index (κ3) is 5.45. The highest BCUT2D eigenvalue weighted by Crippen LogP contribution is 2.47. The number of hydrogen-bond donors (Lipinski definition) is 3. The van der Waals surface area contributed by atoms with Gasteiger partial charge in [-0.3, -0.25) is 9.59 Å². The average molecular weight is 698 g/mol. The molecule has 0 aliphatic carbocycles. The van der Waals surface area contributed by atoms with Gasteiger partial charge in [0.15, 0.2) is 6.54 Å². The van der Waals surface area contributed by atoms with Crippen molar-refractivity contribution in [3.63, 3.8) is 0 Å². The summed E-state index contributed by atoms with van der Waals surface area (Å²) in [5.41, 5.74) is 6.18. The maximum Gasteiger partial charge on any atom is 0.345 e. The number of H-pyrrole nitrogens is 1. The molecule has 5 aromatic rings. The number of methoxy groups -OCH3 is 1. The first-order chi connectivity index (χ1) is 24.4. The van der Waals surface area contributed by atoms with Crippen LogP contribution in [-0.2, 0) is 26.2 Å². The van der Waals surface area contributed by atoms with E-state index in [1.165, 1.54) is 10.8 Å². The van der Waals surface area contributed by atoms with Gasteiger partial charge in [-0.15, -0.1) is 0 Å². The van der Waals surface area contributed by atoms with Crippen molar-refractivity contribution in [2.75, 3.05) is 56.8 Å². The number of esters is 1. The van der Waals surface area contributed by atoms with Crippen LogP contribution in [0.4, 0.5) is 15.8 Å². The number of anilines is 2. The number of ether oxygens (including phenoxy) is 1. The van der Waals surface area contributed by atoms with Crippen LogP contribution in [0.3, 0.4) is 0 Å². The molecular formula is C34H32FN9O7. The number of likely N-dealkylation sites (tertiary alicyclic amines) is 1. The fourth-order valence-corrected chi connectivity index (χ4v) is 7.40. The molecule has 0 radical (unpaired) electrons. The zero-order valence-corrected chi connectivity index (χ0v) is 27.8. The fourth-order valence-electron chi connectivity index (χ4n) is 7.40. The average Bonchev–Trinajstić information content (AvgIpc) is 3.80. The van der Waals surface area contributed by atoms with E-state index in [-0.39, 0.29) is 44.9 Å².